The zero-order chi connectivity index (χ0) is 14.9. The van der Waals surface area contributed by atoms with Gasteiger partial charge in [0, 0.05) is 25.2 Å². The standard InChI is InChI=1S/C18H19N3S/c1-14-3-2-4-16(9-14)17-10-19-18-12-20(6-7-21(17)18)11-15-5-8-22-13-15/h2-5,8-10,13H,6-7,11-12H2,1H3. The van der Waals surface area contributed by atoms with Crippen molar-refractivity contribution in [2.24, 2.45) is 0 Å². The summed E-state index contributed by atoms with van der Waals surface area (Å²) in [5.41, 5.74) is 5.21. The highest BCUT2D eigenvalue weighted by molar-refractivity contribution is 7.07. The number of fused-ring (bicyclic) bond motifs is 1. The molecule has 3 nitrogen and oxygen atoms in total. The van der Waals surface area contributed by atoms with Gasteiger partial charge in [0.1, 0.15) is 5.82 Å². The number of rotatable bonds is 3. The van der Waals surface area contributed by atoms with Crippen LogP contribution in [0.4, 0.5) is 0 Å². The van der Waals surface area contributed by atoms with Gasteiger partial charge in [-0.1, -0.05) is 23.8 Å². The lowest BCUT2D eigenvalue weighted by molar-refractivity contribution is 0.210. The molecule has 112 valence electrons. The molecule has 1 aliphatic heterocycles. The molecule has 22 heavy (non-hydrogen) atoms. The van der Waals surface area contributed by atoms with E-state index in [1.807, 2.05) is 6.20 Å². The third-order valence-corrected chi connectivity index (χ3v) is 4.98. The van der Waals surface area contributed by atoms with E-state index in [1.54, 1.807) is 11.3 Å². The lowest BCUT2D eigenvalue weighted by Gasteiger charge is -2.28. The SMILES string of the molecule is Cc1cccc(-c2cnc3n2CCN(Cc2ccsc2)C3)c1. The van der Waals surface area contributed by atoms with Crippen LogP contribution in [-0.2, 0) is 19.6 Å². The maximum atomic E-state index is 4.67. The van der Waals surface area contributed by atoms with E-state index < -0.39 is 0 Å². The fourth-order valence-electron chi connectivity index (χ4n) is 3.12. The molecule has 0 saturated heterocycles. The summed E-state index contributed by atoms with van der Waals surface area (Å²) >= 11 is 1.77. The highest BCUT2D eigenvalue weighted by Gasteiger charge is 2.20. The Labute approximate surface area is 134 Å². The molecule has 2 aromatic heterocycles. The Morgan fingerprint density at radius 3 is 3.00 bits per heavy atom. The van der Waals surface area contributed by atoms with Gasteiger partial charge in [-0.25, -0.2) is 4.98 Å². The molecule has 0 bridgehead atoms. The van der Waals surface area contributed by atoms with E-state index in [1.165, 1.54) is 28.2 Å². The van der Waals surface area contributed by atoms with Crippen LogP contribution in [0.1, 0.15) is 17.0 Å². The first kappa shape index (κ1) is 13.7. The number of aromatic nitrogens is 2. The van der Waals surface area contributed by atoms with Gasteiger partial charge in [0.25, 0.3) is 0 Å². The lowest BCUT2D eigenvalue weighted by Crippen LogP contribution is -2.33. The predicted octanol–water partition coefficient (Wildman–Crippen LogP) is 3.94. The Morgan fingerprint density at radius 2 is 2.18 bits per heavy atom. The minimum absolute atomic E-state index is 0.932. The van der Waals surface area contributed by atoms with E-state index in [-0.39, 0.29) is 0 Å². The molecular formula is C18H19N3S. The van der Waals surface area contributed by atoms with Crippen molar-refractivity contribution in [1.29, 1.82) is 0 Å². The summed E-state index contributed by atoms with van der Waals surface area (Å²) in [7, 11) is 0. The number of hydrogen-bond donors (Lipinski definition) is 0. The van der Waals surface area contributed by atoms with Crippen LogP contribution in [0.3, 0.4) is 0 Å². The molecule has 0 unspecified atom stereocenters. The molecule has 0 fully saturated rings. The van der Waals surface area contributed by atoms with Gasteiger partial charge in [-0.05, 0) is 35.4 Å². The molecule has 1 aromatic carbocycles. The van der Waals surface area contributed by atoms with Crippen LogP contribution in [0.25, 0.3) is 11.3 Å². The summed E-state index contributed by atoms with van der Waals surface area (Å²) < 4.78 is 2.37. The third-order valence-electron chi connectivity index (χ3n) is 4.24. The quantitative estimate of drug-likeness (QED) is 0.731. The normalized spacial score (nSPS) is 15.0. The summed E-state index contributed by atoms with van der Waals surface area (Å²) in [5, 5.41) is 4.38. The Morgan fingerprint density at radius 1 is 1.23 bits per heavy atom. The van der Waals surface area contributed by atoms with Crippen LogP contribution in [0, 0.1) is 6.92 Å². The van der Waals surface area contributed by atoms with Crippen molar-refractivity contribution in [3.05, 3.63) is 64.2 Å². The molecule has 3 heterocycles. The number of aryl methyl sites for hydroxylation is 1. The summed E-state index contributed by atoms with van der Waals surface area (Å²) in [6.45, 7) is 6.19. The average Bonchev–Trinajstić information content (AvgIpc) is 3.16. The summed E-state index contributed by atoms with van der Waals surface area (Å²) in [4.78, 5) is 7.14. The number of imidazole rings is 1. The molecule has 0 saturated carbocycles. The highest BCUT2D eigenvalue weighted by Crippen LogP contribution is 2.25. The molecule has 0 N–H and O–H groups in total. The Balaban J connectivity index is 1.57. The zero-order valence-electron chi connectivity index (χ0n) is 12.7. The van der Waals surface area contributed by atoms with Crippen molar-refractivity contribution in [1.82, 2.24) is 14.5 Å². The van der Waals surface area contributed by atoms with E-state index in [2.05, 4.69) is 62.5 Å². The van der Waals surface area contributed by atoms with Crippen LogP contribution in [0.15, 0.2) is 47.3 Å². The van der Waals surface area contributed by atoms with Gasteiger partial charge in [0.2, 0.25) is 0 Å². The van der Waals surface area contributed by atoms with Crippen LogP contribution in [0.5, 0.6) is 0 Å². The fourth-order valence-corrected chi connectivity index (χ4v) is 3.78. The molecule has 0 atom stereocenters. The molecule has 3 aromatic rings. The highest BCUT2D eigenvalue weighted by atomic mass is 32.1. The molecule has 0 amide bonds. The molecule has 0 radical (unpaired) electrons. The lowest BCUT2D eigenvalue weighted by atomic mass is 10.1. The van der Waals surface area contributed by atoms with Crippen LogP contribution in [-0.4, -0.2) is 21.0 Å². The second-order valence-corrected chi connectivity index (χ2v) is 6.70. The molecule has 0 aliphatic carbocycles. The van der Waals surface area contributed by atoms with E-state index in [4.69, 9.17) is 0 Å². The van der Waals surface area contributed by atoms with E-state index in [9.17, 15) is 0 Å². The first-order valence-electron chi connectivity index (χ1n) is 7.64. The molecule has 4 heteroatoms. The summed E-state index contributed by atoms with van der Waals surface area (Å²) in [6.07, 6.45) is 2.03. The Kier molecular flexibility index (Phi) is 3.56. The fraction of sp³-hybridized carbons (Fsp3) is 0.278. The number of nitrogens with zero attached hydrogens (tertiary/aromatic N) is 3. The van der Waals surface area contributed by atoms with Crippen molar-refractivity contribution >= 4 is 11.3 Å². The zero-order valence-corrected chi connectivity index (χ0v) is 13.5. The number of benzene rings is 1. The Hall–Kier alpha value is -1.91. The maximum absolute atomic E-state index is 4.67. The van der Waals surface area contributed by atoms with Crippen molar-refractivity contribution in [2.45, 2.75) is 26.6 Å². The van der Waals surface area contributed by atoms with Crippen molar-refractivity contribution < 1.29 is 0 Å². The monoisotopic (exact) mass is 309 g/mol. The molecule has 1 aliphatic rings. The first-order valence-corrected chi connectivity index (χ1v) is 8.59. The average molecular weight is 309 g/mol. The van der Waals surface area contributed by atoms with Crippen LogP contribution in [0.2, 0.25) is 0 Å². The van der Waals surface area contributed by atoms with Gasteiger partial charge < -0.3 is 4.57 Å². The second-order valence-electron chi connectivity index (χ2n) is 5.92. The third kappa shape index (κ3) is 2.60. The van der Waals surface area contributed by atoms with Gasteiger partial charge in [-0.3, -0.25) is 4.90 Å². The predicted molar refractivity (Wildman–Crippen MR) is 90.8 cm³/mol. The summed E-state index contributed by atoms with van der Waals surface area (Å²) in [5.74, 6) is 1.18. The second kappa shape index (κ2) is 5.71. The van der Waals surface area contributed by atoms with E-state index in [0.717, 1.165) is 26.2 Å². The van der Waals surface area contributed by atoms with Crippen LogP contribution >= 0.6 is 11.3 Å². The van der Waals surface area contributed by atoms with E-state index in [0.29, 0.717) is 0 Å². The maximum Gasteiger partial charge on any atom is 0.123 e. The topological polar surface area (TPSA) is 21.1 Å². The largest absolute Gasteiger partial charge is 0.326 e. The first-order chi connectivity index (χ1) is 10.8. The number of hydrogen-bond acceptors (Lipinski definition) is 3. The molecular weight excluding hydrogens is 290 g/mol. The molecule has 4 rings (SSSR count). The van der Waals surface area contributed by atoms with Crippen LogP contribution < -0.4 is 0 Å². The van der Waals surface area contributed by atoms with Crippen molar-refractivity contribution in [2.75, 3.05) is 6.54 Å². The number of thiophene rings is 1. The van der Waals surface area contributed by atoms with Crippen molar-refractivity contribution in [3.63, 3.8) is 0 Å². The molecule has 0 spiro atoms. The Bertz CT molecular complexity index is 773. The van der Waals surface area contributed by atoms with Crippen molar-refractivity contribution in [3.8, 4) is 11.3 Å². The minimum atomic E-state index is 0.932. The van der Waals surface area contributed by atoms with Gasteiger partial charge in [0.05, 0.1) is 18.4 Å². The van der Waals surface area contributed by atoms with Gasteiger partial charge in [-0.2, -0.15) is 11.3 Å². The van der Waals surface area contributed by atoms with Gasteiger partial charge >= 0.3 is 0 Å². The van der Waals surface area contributed by atoms with Gasteiger partial charge in [0.15, 0.2) is 0 Å². The summed E-state index contributed by atoms with van der Waals surface area (Å²) in [6, 6.07) is 10.9. The van der Waals surface area contributed by atoms with Gasteiger partial charge in [-0.15, -0.1) is 0 Å². The van der Waals surface area contributed by atoms with E-state index >= 15 is 0 Å². The minimum Gasteiger partial charge on any atom is -0.326 e. The smallest absolute Gasteiger partial charge is 0.123 e.